The highest BCUT2D eigenvalue weighted by Gasteiger charge is 2.08. The molecular formula is C14H13ClN4O2. The molecule has 21 heavy (non-hydrogen) atoms. The first-order chi connectivity index (χ1) is 9.94. The van der Waals surface area contributed by atoms with E-state index in [-0.39, 0.29) is 5.91 Å². The summed E-state index contributed by atoms with van der Waals surface area (Å²) >= 11 is 5.85. The van der Waals surface area contributed by atoms with E-state index in [1.165, 1.54) is 12.1 Å². The number of nitrogens with two attached hydrogens (primary N) is 2. The molecule has 3 amide bonds. The van der Waals surface area contributed by atoms with Gasteiger partial charge in [0.2, 0.25) is 0 Å². The summed E-state index contributed by atoms with van der Waals surface area (Å²) in [6.07, 6.45) is 0. The highest BCUT2D eigenvalue weighted by atomic mass is 35.5. The van der Waals surface area contributed by atoms with Crippen molar-refractivity contribution in [2.75, 3.05) is 16.4 Å². The number of nitrogens with one attached hydrogen (secondary N) is 2. The van der Waals surface area contributed by atoms with Crippen LogP contribution in [0, 0.1) is 0 Å². The van der Waals surface area contributed by atoms with E-state index >= 15 is 0 Å². The molecule has 0 bridgehead atoms. The molecule has 2 aromatic rings. The molecule has 0 fully saturated rings. The predicted octanol–water partition coefficient (Wildman–Crippen LogP) is 2.67. The highest BCUT2D eigenvalue weighted by Crippen LogP contribution is 2.19. The fourth-order valence-electron chi connectivity index (χ4n) is 1.73. The molecule has 2 aromatic carbocycles. The average molecular weight is 305 g/mol. The summed E-state index contributed by atoms with van der Waals surface area (Å²) in [7, 11) is 0. The molecule has 0 aromatic heterocycles. The van der Waals surface area contributed by atoms with Gasteiger partial charge < -0.3 is 22.1 Å². The highest BCUT2D eigenvalue weighted by molar-refractivity contribution is 6.31. The number of primary amides is 1. The van der Waals surface area contributed by atoms with Crippen LogP contribution in [0.3, 0.4) is 0 Å². The number of urea groups is 1. The number of amides is 3. The van der Waals surface area contributed by atoms with Crippen molar-refractivity contribution in [1.29, 1.82) is 0 Å². The van der Waals surface area contributed by atoms with E-state index in [9.17, 15) is 9.59 Å². The lowest BCUT2D eigenvalue weighted by atomic mass is 10.2. The minimum Gasteiger partial charge on any atom is -0.399 e. The molecule has 0 aliphatic rings. The van der Waals surface area contributed by atoms with Gasteiger partial charge in [-0.05, 0) is 42.5 Å². The van der Waals surface area contributed by atoms with E-state index < -0.39 is 6.03 Å². The first-order valence-electron chi connectivity index (χ1n) is 5.98. The van der Waals surface area contributed by atoms with E-state index in [4.69, 9.17) is 23.1 Å². The Morgan fingerprint density at radius 3 is 2.05 bits per heavy atom. The molecule has 0 radical (unpaired) electrons. The van der Waals surface area contributed by atoms with Gasteiger partial charge in [0, 0.05) is 27.6 Å². The first-order valence-corrected chi connectivity index (χ1v) is 6.36. The zero-order valence-corrected chi connectivity index (χ0v) is 11.6. The van der Waals surface area contributed by atoms with Gasteiger partial charge in [0.15, 0.2) is 0 Å². The van der Waals surface area contributed by atoms with Crippen molar-refractivity contribution >= 4 is 40.6 Å². The van der Waals surface area contributed by atoms with Gasteiger partial charge in [0.1, 0.15) is 0 Å². The van der Waals surface area contributed by atoms with Crippen molar-refractivity contribution in [1.82, 2.24) is 0 Å². The summed E-state index contributed by atoms with van der Waals surface area (Å²) in [4.78, 5) is 22.8. The average Bonchev–Trinajstić information content (AvgIpc) is 2.39. The first kappa shape index (κ1) is 14.7. The smallest absolute Gasteiger partial charge is 0.316 e. The third kappa shape index (κ3) is 4.12. The summed E-state index contributed by atoms with van der Waals surface area (Å²) in [5, 5.41) is 5.51. The van der Waals surface area contributed by atoms with E-state index in [1.807, 2.05) is 0 Å². The maximum absolute atomic E-state index is 12.1. The fourth-order valence-corrected chi connectivity index (χ4v) is 1.97. The number of anilines is 3. The van der Waals surface area contributed by atoms with Gasteiger partial charge in [-0.3, -0.25) is 4.79 Å². The Balaban J connectivity index is 2.10. The largest absolute Gasteiger partial charge is 0.399 e. The SMILES string of the molecule is NC(=O)Nc1ccc(NC(=O)c2cc(N)cc(Cl)c2)cc1. The van der Waals surface area contributed by atoms with Gasteiger partial charge in [0.25, 0.3) is 5.91 Å². The standard InChI is InChI=1S/C14H13ClN4O2/c15-9-5-8(6-10(16)7-9)13(20)18-11-1-3-12(4-2-11)19-14(17)21/h1-7H,16H2,(H,18,20)(H3,17,19,21). The zero-order chi connectivity index (χ0) is 15.4. The van der Waals surface area contributed by atoms with Crippen LogP contribution >= 0.6 is 11.6 Å². The van der Waals surface area contributed by atoms with Gasteiger partial charge in [-0.25, -0.2) is 4.79 Å². The van der Waals surface area contributed by atoms with Gasteiger partial charge >= 0.3 is 6.03 Å². The Bertz CT molecular complexity index is 666. The lowest BCUT2D eigenvalue weighted by Gasteiger charge is -2.08. The van der Waals surface area contributed by atoms with Crippen LogP contribution in [0.25, 0.3) is 0 Å². The van der Waals surface area contributed by atoms with Gasteiger partial charge in [-0.2, -0.15) is 0 Å². The fraction of sp³-hybridized carbons (Fsp3) is 0. The minimum absolute atomic E-state index is 0.334. The lowest BCUT2D eigenvalue weighted by Crippen LogP contribution is -2.19. The molecule has 0 spiro atoms. The van der Waals surface area contributed by atoms with Crippen LogP contribution in [0.5, 0.6) is 0 Å². The third-order valence-electron chi connectivity index (χ3n) is 2.59. The maximum atomic E-state index is 12.1. The third-order valence-corrected chi connectivity index (χ3v) is 2.81. The molecule has 108 valence electrons. The van der Waals surface area contributed by atoms with Crippen LogP contribution in [0.2, 0.25) is 5.02 Å². The van der Waals surface area contributed by atoms with Crippen LogP contribution < -0.4 is 22.1 Å². The normalized spacial score (nSPS) is 9.95. The Morgan fingerprint density at radius 2 is 1.52 bits per heavy atom. The second-order valence-corrected chi connectivity index (χ2v) is 4.73. The van der Waals surface area contributed by atoms with Crippen molar-refractivity contribution in [3.05, 3.63) is 53.1 Å². The molecule has 0 saturated heterocycles. The van der Waals surface area contributed by atoms with Crippen molar-refractivity contribution in [3.63, 3.8) is 0 Å². The van der Waals surface area contributed by atoms with Gasteiger partial charge in [-0.1, -0.05) is 11.6 Å². The molecular weight excluding hydrogens is 292 g/mol. The molecule has 6 N–H and O–H groups in total. The topological polar surface area (TPSA) is 110 Å². The quantitative estimate of drug-likeness (QED) is 0.654. The van der Waals surface area contributed by atoms with Crippen LogP contribution in [-0.4, -0.2) is 11.9 Å². The van der Waals surface area contributed by atoms with Crippen LogP contribution in [0.15, 0.2) is 42.5 Å². The number of carbonyl (C=O) groups excluding carboxylic acids is 2. The molecule has 0 saturated carbocycles. The maximum Gasteiger partial charge on any atom is 0.316 e. The number of benzene rings is 2. The summed E-state index contributed by atoms with van der Waals surface area (Å²) < 4.78 is 0. The molecule has 0 unspecified atom stereocenters. The van der Waals surface area contributed by atoms with E-state index in [1.54, 1.807) is 30.3 Å². The van der Waals surface area contributed by atoms with Crippen LogP contribution in [0.4, 0.5) is 21.9 Å². The van der Waals surface area contributed by atoms with Gasteiger partial charge in [0.05, 0.1) is 0 Å². The second-order valence-electron chi connectivity index (χ2n) is 4.29. The number of hydrogen-bond donors (Lipinski definition) is 4. The van der Waals surface area contributed by atoms with Crippen molar-refractivity contribution in [3.8, 4) is 0 Å². The summed E-state index contributed by atoms with van der Waals surface area (Å²) in [6, 6.07) is 10.5. The Hall–Kier alpha value is -2.73. The number of carbonyl (C=O) groups is 2. The number of hydrogen-bond acceptors (Lipinski definition) is 3. The van der Waals surface area contributed by atoms with E-state index in [2.05, 4.69) is 10.6 Å². The molecule has 7 heteroatoms. The zero-order valence-electron chi connectivity index (χ0n) is 10.9. The summed E-state index contributed by atoms with van der Waals surface area (Å²) in [5.74, 6) is -0.334. The monoisotopic (exact) mass is 304 g/mol. The van der Waals surface area contributed by atoms with Crippen LogP contribution in [-0.2, 0) is 0 Å². The number of rotatable bonds is 3. The van der Waals surface area contributed by atoms with Gasteiger partial charge in [-0.15, -0.1) is 0 Å². The number of nitrogen functional groups attached to an aromatic ring is 1. The van der Waals surface area contributed by atoms with Crippen molar-refractivity contribution in [2.45, 2.75) is 0 Å². The molecule has 2 rings (SSSR count). The van der Waals surface area contributed by atoms with E-state index in [0.717, 1.165) is 0 Å². The summed E-state index contributed by atoms with van der Waals surface area (Å²) in [6.45, 7) is 0. The van der Waals surface area contributed by atoms with Crippen molar-refractivity contribution < 1.29 is 9.59 Å². The molecule has 6 nitrogen and oxygen atoms in total. The molecule has 0 heterocycles. The lowest BCUT2D eigenvalue weighted by molar-refractivity contribution is 0.102. The number of halogens is 1. The summed E-state index contributed by atoms with van der Waals surface area (Å²) in [5.41, 5.74) is 12.5. The van der Waals surface area contributed by atoms with Crippen LogP contribution in [0.1, 0.15) is 10.4 Å². The Kier molecular flexibility index (Phi) is 4.30. The molecule has 0 atom stereocenters. The van der Waals surface area contributed by atoms with E-state index in [0.29, 0.717) is 27.6 Å². The molecule has 0 aliphatic carbocycles. The van der Waals surface area contributed by atoms with Crippen molar-refractivity contribution in [2.24, 2.45) is 5.73 Å². The Labute approximate surface area is 126 Å². The molecule has 0 aliphatic heterocycles. The Morgan fingerprint density at radius 1 is 0.952 bits per heavy atom. The second kappa shape index (κ2) is 6.15. The predicted molar refractivity (Wildman–Crippen MR) is 83.5 cm³/mol. The minimum atomic E-state index is -0.652.